The Kier molecular flexibility index (Phi) is 4.21. The number of fused-ring (bicyclic) bond motifs is 1. The van der Waals surface area contributed by atoms with Crippen LogP contribution in [-0.2, 0) is 7.05 Å². The van der Waals surface area contributed by atoms with Gasteiger partial charge in [-0.1, -0.05) is 32.8 Å². The van der Waals surface area contributed by atoms with Crippen molar-refractivity contribution in [2.45, 2.75) is 45.4 Å². The van der Waals surface area contributed by atoms with E-state index in [1.54, 1.807) is 0 Å². The van der Waals surface area contributed by atoms with Crippen LogP contribution in [0.1, 0.15) is 56.8 Å². The van der Waals surface area contributed by atoms with Crippen LogP contribution >= 0.6 is 0 Å². The van der Waals surface area contributed by atoms with Gasteiger partial charge in [-0.2, -0.15) is 5.26 Å². The van der Waals surface area contributed by atoms with Crippen molar-refractivity contribution in [3.8, 4) is 6.07 Å². The average Bonchev–Trinajstić information content (AvgIpc) is 2.77. The van der Waals surface area contributed by atoms with Crippen LogP contribution in [0.3, 0.4) is 0 Å². The van der Waals surface area contributed by atoms with Gasteiger partial charge in [0.2, 0.25) is 0 Å². The molecule has 1 aromatic heterocycles. The maximum atomic E-state index is 9.17. The minimum atomic E-state index is 0.490. The van der Waals surface area contributed by atoms with Crippen LogP contribution in [-0.4, -0.2) is 9.55 Å². The molecule has 100 valence electrons. The lowest BCUT2D eigenvalue weighted by molar-refractivity contribution is 0.531. The Morgan fingerprint density at radius 3 is 2.79 bits per heavy atom. The number of benzene rings is 1. The van der Waals surface area contributed by atoms with E-state index in [4.69, 9.17) is 4.98 Å². The second kappa shape index (κ2) is 5.88. The van der Waals surface area contributed by atoms with E-state index in [-0.39, 0.29) is 0 Å². The summed E-state index contributed by atoms with van der Waals surface area (Å²) in [5.41, 5.74) is 2.58. The van der Waals surface area contributed by atoms with Gasteiger partial charge in [-0.25, -0.2) is 4.98 Å². The number of aromatic nitrogens is 2. The van der Waals surface area contributed by atoms with E-state index in [0.717, 1.165) is 23.3 Å². The Balaban J connectivity index is 2.49. The summed E-state index contributed by atoms with van der Waals surface area (Å²) in [5, 5.41) is 9.17. The molecule has 0 aliphatic heterocycles. The lowest BCUT2D eigenvalue weighted by Gasteiger charge is -2.14. The van der Waals surface area contributed by atoms with Crippen LogP contribution in [0.15, 0.2) is 18.2 Å². The normalized spacial score (nSPS) is 12.5. The first kappa shape index (κ1) is 13.6. The van der Waals surface area contributed by atoms with Crippen molar-refractivity contribution in [2.75, 3.05) is 0 Å². The molecule has 1 atom stereocenters. The minimum Gasteiger partial charge on any atom is -0.331 e. The van der Waals surface area contributed by atoms with Gasteiger partial charge in [-0.3, -0.25) is 0 Å². The molecule has 3 nitrogen and oxygen atoms in total. The molecule has 0 N–H and O–H groups in total. The molecule has 0 fully saturated rings. The number of hydrogen-bond acceptors (Lipinski definition) is 2. The topological polar surface area (TPSA) is 41.6 Å². The highest BCUT2D eigenvalue weighted by molar-refractivity contribution is 5.82. The highest BCUT2D eigenvalue weighted by atomic mass is 15.1. The second-order valence-corrected chi connectivity index (χ2v) is 5.06. The van der Waals surface area contributed by atoms with Gasteiger partial charge in [0.15, 0.2) is 0 Å². The van der Waals surface area contributed by atoms with E-state index in [1.807, 2.05) is 18.2 Å². The highest BCUT2D eigenvalue weighted by Gasteiger charge is 2.18. The molecular formula is C16H21N3. The molecule has 0 saturated carbocycles. The number of nitriles is 1. The maximum absolute atomic E-state index is 9.17. The first-order valence-corrected chi connectivity index (χ1v) is 7.08. The molecule has 1 aromatic carbocycles. The summed E-state index contributed by atoms with van der Waals surface area (Å²) in [6, 6.07) is 8.04. The van der Waals surface area contributed by atoms with Crippen molar-refractivity contribution < 1.29 is 0 Å². The summed E-state index contributed by atoms with van der Waals surface area (Å²) < 4.78 is 2.15. The SMILES string of the molecule is CCCCC(CC)c1nc2c(C#N)cccc2n1C. The molecule has 0 radical (unpaired) electrons. The Bertz CT molecular complexity index is 604. The monoisotopic (exact) mass is 255 g/mol. The summed E-state index contributed by atoms with van der Waals surface area (Å²) in [6.45, 7) is 4.43. The third-order valence-electron chi connectivity index (χ3n) is 3.83. The smallest absolute Gasteiger partial charge is 0.112 e. The van der Waals surface area contributed by atoms with Gasteiger partial charge in [0.05, 0.1) is 11.1 Å². The van der Waals surface area contributed by atoms with Crippen LogP contribution in [0.25, 0.3) is 11.0 Å². The predicted molar refractivity (Wildman–Crippen MR) is 78.0 cm³/mol. The van der Waals surface area contributed by atoms with E-state index in [9.17, 15) is 5.26 Å². The molecule has 1 unspecified atom stereocenters. The van der Waals surface area contributed by atoms with Gasteiger partial charge in [0.1, 0.15) is 17.4 Å². The van der Waals surface area contributed by atoms with Crippen molar-refractivity contribution in [3.05, 3.63) is 29.6 Å². The van der Waals surface area contributed by atoms with Crippen molar-refractivity contribution in [1.82, 2.24) is 9.55 Å². The summed E-state index contributed by atoms with van der Waals surface area (Å²) in [7, 11) is 2.06. The average molecular weight is 255 g/mol. The van der Waals surface area contributed by atoms with Crippen molar-refractivity contribution in [1.29, 1.82) is 5.26 Å². The zero-order chi connectivity index (χ0) is 13.8. The predicted octanol–water partition coefficient (Wildman–Crippen LogP) is 4.13. The van der Waals surface area contributed by atoms with Crippen LogP contribution in [0.4, 0.5) is 0 Å². The standard InChI is InChI=1S/C16H21N3/c1-4-6-8-12(5-2)16-18-15-13(11-17)9-7-10-14(15)19(16)3/h7,9-10,12H,4-6,8H2,1-3H3. The zero-order valence-corrected chi connectivity index (χ0v) is 12.0. The summed E-state index contributed by atoms with van der Waals surface area (Å²) in [4.78, 5) is 4.75. The van der Waals surface area contributed by atoms with Crippen LogP contribution in [0.2, 0.25) is 0 Å². The third kappa shape index (κ3) is 2.49. The maximum Gasteiger partial charge on any atom is 0.112 e. The molecule has 0 bridgehead atoms. The Morgan fingerprint density at radius 2 is 2.16 bits per heavy atom. The molecule has 0 aliphatic carbocycles. The van der Waals surface area contributed by atoms with Gasteiger partial charge in [-0.15, -0.1) is 0 Å². The van der Waals surface area contributed by atoms with Crippen LogP contribution in [0, 0.1) is 11.3 Å². The third-order valence-corrected chi connectivity index (χ3v) is 3.83. The molecule has 19 heavy (non-hydrogen) atoms. The lowest BCUT2D eigenvalue weighted by atomic mass is 9.98. The molecule has 0 amide bonds. The molecular weight excluding hydrogens is 234 g/mol. The minimum absolute atomic E-state index is 0.490. The van der Waals surface area contributed by atoms with E-state index in [0.29, 0.717) is 11.5 Å². The van der Waals surface area contributed by atoms with Gasteiger partial charge in [-0.05, 0) is 25.0 Å². The van der Waals surface area contributed by atoms with E-state index >= 15 is 0 Å². The van der Waals surface area contributed by atoms with Crippen molar-refractivity contribution >= 4 is 11.0 Å². The number of hydrogen-bond donors (Lipinski definition) is 0. The molecule has 0 aliphatic rings. The Hall–Kier alpha value is -1.82. The Labute approximate surface area is 114 Å². The lowest BCUT2D eigenvalue weighted by Crippen LogP contribution is -2.05. The first-order chi connectivity index (χ1) is 9.22. The molecule has 3 heteroatoms. The second-order valence-electron chi connectivity index (χ2n) is 5.06. The van der Waals surface area contributed by atoms with Gasteiger partial charge in [0, 0.05) is 13.0 Å². The van der Waals surface area contributed by atoms with Gasteiger partial charge >= 0.3 is 0 Å². The molecule has 2 rings (SSSR count). The number of nitrogens with zero attached hydrogens (tertiary/aromatic N) is 3. The fourth-order valence-electron chi connectivity index (χ4n) is 2.65. The number of imidazole rings is 1. The van der Waals surface area contributed by atoms with Crippen molar-refractivity contribution in [2.24, 2.45) is 7.05 Å². The highest BCUT2D eigenvalue weighted by Crippen LogP contribution is 2.28. The largest absolute Gasteiger partial charge is 0.331 e. The summed E-state index contributed by atoms with van der Waals surface area (Å²) in [5.74, 6) is 1.61. The number of unbranched alkanes of at least 4 members (excludes halogenated alkanes) is 1. The van der Waals surface area contributed by atoms with E-state index in [2.05, 4.69) is 31.5 Å². The van der Waals surface area contributed by atoms with Gasteiger partial charge in [0.25, 0.3) is 0 Å². The fourth-order valence-corrected chi connectivity index (χ4v) is 2.65. The Morgan fingerprint density at radius 1 is 1.37 bits per heavy atom. The van der Waals surface area contributed by atoms with Crippen molar-refractivity contribution in [3.63, 3.8) is 0 Å². The fraction of sp³-hybridized carbons (Fsp3) is 0.500. The number of rotatable bonds is 5. The van der Waals surface area contributed by atoms with E-state index < -0.39 is 0 Å². The summed E-state index contributed by atoms with van der Waals surface area (Å²) in [6.07, 6.45) is 4.71. The molecule has 0 saturated heterocycles. The van der Waals surface area contributed by atoms with E-state index in [1.165, 1.54) is 19.3 Å². The number of aryl methyl sites for hydroxylation is 1. The first-order valence-electron chi connectivity index (χ1n) is 7.08. The molecule has 1 heterocycles. The quantitative estimate of drug-likeness (QED) is 0.806. The zero-order valence-electron chi connectivity index (χ0n) is 12.0. The van der Waals surface area contributed by atoms with Crippen LogP contribution < -0.4 is 0 Å². The molecule has 2 aromatic rings. The van der Waals surface area contributed by atoms with Crippen LogP contribution in [0.5, 0.6) is 0 Å². The molecule has 0 spiro atoms. The van der Waals surface area contributed by atoms with Gasteiger partial charge < -0.3 is 4.57 Å². The summed E-state index contributed by atoms with van der Waals surface area (Å²) >= 11 is 0. The number of para-hydroxylation sites is 1.